The number of alkyl halides is 2. The Labute approximate surface area is 166 Å². The normalized spacial score (nSPS) is 16.1. The molecule has 0 radical (unpaired) electrons. The third kappa shape index (κ3) is 4.86. The lowest BCUT2D eigenvalue weighted by atomic mass is 10.2. The molecule has 0 amide bonds. The average molecular weight is 427 g/mol. The molecule has 1 fully saturated rings. The monoisotopic (exact) mass is 427 g/mol. The maximum Gasteiger partial charge on any atom is 0.387 e. The van der Waals surface area contributed by atoms with E-state index < -0.39 is 27.2 Å². The van der Waals surface area contributed by atoms with Gasteiger partial charge in [0.15, 0.2) is 4.90 Å². The maximum absolute atomic E-state index is 12.9. The number of nitro groups is 1. The van der Waals surface area contributed by atoms with Crippen molar-refractivity contribution in [3.05, 3.63) is 64.2 Å². The second-order valence-electron chi connectivity index (χ2n) is 6.39. The highest BCUT2D eigenvalue weighted by atomic mass is 32.2. The van der Waals surface area contributed by atoms with Gasteiger partial charge < -0.3 is 4.74 Å². The van der Waals surface area contributed by atoms with E-state index in [2.05, 4.69) is 4.74 Å². The average Bonchev–Trinajstić information content (AvgIpc) is 2.69. The first-order valence-electron chi connectivity index (χ1n) is 8.77. The van der Waals surface area contributed by atoms with Gasteiger partial charge in [0, 0.05) is 44.4 Å². The highest BCUT2D eigenvalue weighted by Crippen LogP contribution is 2.28. The summed E-state index contributed by atoms with van der Waals surface area (Å²) < 4.78 is 56.5. The first-order valence-corrected chi connectivity index (χ1v) is 10.2. The molecule has 1 saturated heterocycles. The molecule has 1 aliphatic heterocycles. The van der Waals surface area contributed by atoms with Crippen LogP contribution < -0.4 is 4.74 Å². The van der Waals surface area contributed by atoms with Gasteiger partial charge in [-0.3, -0.25) is 15.0 Å². The Morgan fingerprint density at radius 2 is 1.66 bits per heavy atom. The number of rotatable bonds is 7. The van der Waals surface area contributed by atoms with E-state index in [0.29, 0.717) is 25.2 Å². The van der Waals surface area contributed by atoms with Crippen LogP contribution in [0.5, 0.6) is 5.75 Å². The van der Waals surface area contributed by atoms with Crippen molar-refractivity contribution < 1.29 is 26.9 Å². The topological polar surface area (TPSA) is 93.0 Å². The van der Waals surface area contributed by atoms with Gasteiger partial charge in [-0.25, -0.2) is 8.42 Å². The van der Waals surface area contributed by atoms with Gasteiger partial charge >= 0.3 is 6.61 Å². The summed E-state index contributed by atoms with van der Waals surface area (Å²) in [6.07, 6.45) is 0. The van der Waals surface area contributed by atoms with E-state index in [1.807, 2.05) is 4.90 Å². The minimum Gasteiger partial charge on any atom is -0.434 e. The molecule has 1 aliphatic rings. The van der Waals surface area contributed by atoms with E-state index in [0.717, 1.165) is 6.07 Å². The van der Waals surface area contributed by atoms with Gasteiger partial charge in [-0.2, -0.15) is 13.1 Å². The Bertz CT molecular complexity index is 979. The van der Waals surface area contributed by atoms with Crippen molar-refractivity contribution in [2.24, 2.45) is 0 Å². The highest BCUT2D eigenvalue weighted by molar-refractivity contribution is 7.89. The van der Waals surface area contributed by atoms with Gasteiger partial charge in [-0.1, -0.05) is 30.3 Å². The van der Waals surface area contributed by atoms with E-state index in [-0.39, 0.29) is 23.7 Å². The van der Waals surface area contributed by atoms with Gasteiger partial charge in [0.05, 0.1) is 4.92 Å². The Hall–Kier alpha value is -2.63. The van der Waals surface area contributed by atoms with Crippen molar-refractivity contribution in [2.45, 2.75) is 18.1 Å². The summed E-state index contributed by atoms with van der Waals surface area (Å²) in [4.78, 5) is 12.0. The molecule has 3 rings (SSSR count). The Morgan fingerprint density at radius 3 is 2.31 bits per heavy atom. The van der Waals surface area contributed by atoms with Crippen LogP contribution in [0.15, 0.2) is 53.4 Å². The number of nitrogens with zero attached hydrogens (tertiary/aromatic N) is 3. The number of para-hydroxylation sites is 2. The van der Waals surface area contributed by atoms with Crippen LogP contribution in [0.4, 0.5) is 14.5 Å². The van der Waals surface area contributed by atoms with Crippen molar-refractivity contribution in [3.8, 4) is 5.75 Å². The van der Waals surface area contributed by atoms with Gasteiger partial charge in [-0.05, 0) is 12.1 Å². The van der Waals surface area contributed by atoms with Gasteiger partial charge in [0.1, 0.15) is 5.75 Å². The van der Waals surface area contributed by atoms with Gasteiger partial charge in [-0.15, -0.1) is 0 Å². The van der Waals surface area contributed by atoms with Crippen molar-refractivity contribution in [2.75, 3.05) is 26.2 Å². The molecule has 0 aliphatic carbocycles. The number of sulfonamides is 1. The molecular weight excluding hydrogens is 408 g/mol. The molecule has 2 aromatic carbocycles. The lowest BCUT2D eigenvalue weighted by molar-refractivity contribution is -0.387. The summed E-state index contributed by atoms with van der Waals surface area (Å²) in [6, 6.07) is 11.7. The summed E-state index contributed by atoms with van der Waals surface area (Å²) in [5, 5.41) is 11.2. The van der Waals surface area contributed by atoms with Crippen LogP contribution in [0.2, 0.25) is 0 Å². The van der Waals surface area contributed by atoms with Crippen LogP contribution in [0.1, 0.15) is 5.56 Å². The first kappa shape index (κ1) is 21.1. The molecule has 2 aromatic rings. The molecule has 8 nitrogen and oxygen atoms in total. The number of hydrogen-bond donors (Lipinski definition) is 0. The fraction of sp³-hybridized carbons (Fsp3) is 0.333. The lowest BCUT2D eigenvalue weighted by Crippen LogP contribution is -2.48. The minimum absolute atomic E-state index is 0.0810. The first-order chi connectivity index (χ1) is 13.8. The predicted octanol–water partition coefficient (Wildman–Crippen LogP) is 2.70. The quantitative estimate of drug-likeness (QED) is 0.498. The lowest BCUT2D eigenvalue weighted by Gasteiger charge is -2.34. The van der Waals surface area contributed by atoms with Crippen LogP contribution in [0, 0.1) is 10.1 Å². The fourth-order valence-corrected chi connectivity index (χ4v) is 4.76. The summed E-state index contributed by atoms with van der Waals surface area (Å²) >= 11 is 0. The number of piperazine rings is 1. The molecule has 156 valence electrons. The predicted molar refractivity (Wildman–Crippen MR) is 100 cm³/mol. The maximum atomic E-state index is 12.9. The summed E-state index contributed by atoms with van der Waals surface area (Å²) in [5.74, 6) is 0.0810. The van der Waals surface area contributed by atoms with E-state index in [9.17, 15) is 27.3 Å². The highest BCUT2D eigenvalue weighted by Gasteiger charge is 2.33. The zero-order valence-electron chi connectivity index (χ0n) is 15.3. The molecule has 0 spiro atoms. The van der Waals surface area contributed by atoms with Crippen LogP contribution in [-0.2, 0) is 16.6 Å². The van der Waals surface area contributed by atoms with Crippen LogP contribution in [-0.4, -0.2) is 55.3 Å². The third-order valence-corrected chi connectivity index (χ3v) is 6.54. The zero-order valence-corrected chi connectivity index (χ0v) is 16.1. The molecule has 11 heteroatoms. The van der Waals surface area contributed by atoms with Crippen LogP contribution >= 0.6 is 0 Å². The van der Waals surface area contributed by atoms with Gasteiger partial charge in [0.25, 0.3) is 5.69 Å². The molecule has 29 heavy (non-hydrogen) atoms. The van der Waals surface area contributed by atoms with E-state index in [1.54, 1.807) is 18.2 Å². The van der Waals surface area contributed by atoms with Crippen molar-refractivity contribution in [1.82, 2.24) is 9.21 Å². The number of nitro benzene ring substituents is 1. The third-order valence-electron chi connectivity index (χ3n) is 4.59. The number of benzene rings is 2. The number of hydrogen-bond acceptors (Lipinski definition) is 6. The zero-order chi connectivity index (χ0) is 21.0. The van der Waals surface area contributed by atoms with Gasteiger partial charge in [0.2, 0.25) is 10.0 Å². The molecular formula is C18H19F2N3O5S. The second-order valence-corrected chi connectivity index (χ2v) is 8.30. The largest absolute Gasteiger partial charge is 0.434 e. The molecule has 0 N–H and O–H groups in total. The molecule has 0 atom stereocenters. The standard InChI is InChI=1S/C18H19F2N3O5S/c19-18(20)28-16-7-3-1-5-14(16)13-21-9-11-22(12-10-21)29(26,27)17-8-4-2-6-15(17)23(24)25/h1-8,18H,9-13H2. The number of ether oxygens (including phenoxy) is 1. The summed E-state index contributed by atoms with van der Waals surface area (Å²) in [7, 11) is -4.02. The second kappa shape index (κ2) is 8.80. The van der Waals surface area contributed by atoms with Crippen molar-refractivity contribution >= 4 is 15.7 Å². The van der Waals surface area contributed by atoms with E-state index >= 15 is 0 Å². The van der Waals surface area contributed by atoms with E-state index in [4.69, 9.17) is 0 Å². The molecule has 0 saturated carbocycles. The van der Waals surface area contributed by atoms with Crippen LogP contribution in [0.3, 0.4) is 0 Å². The molecule has 0 unspecified atom stereocenters. The SMILES string of the molecule is O=[N+]([O-])c1ccccc1S(=O)(=O)N1CCN(Cc2ccccc2OC(F)F)CC1. The Kier molecular flexibility index (Phi) is 6.40. The summed E-state index contributed by atoms with van der Waals surface area (Å²) in [5.41, 5.74) is 0.107. The molecule has 0 aromatic heterocycles. The number of halogens is 2. The fourth-order valence-electron chi connectivity index (χ4n) is 3.18. The van der Waals surface area contributed by atoms with Crippen LogP contribution in [0.25, 0.3) is 0 Å². The smallest absolute Gasteiger partial charge is 0.387 e. The van der Waals surface area contributed by atoms with Crippen molar-refractivity contribution in [1.29, 1.82) is 0 Å². The minimum atomic E-state index is -4.02. The Balaban J connectivity index is 1.69. The molecule has 0 bridgehead atoms. The van der Waals surface area contributed by atoms with Crippen molar-refractivity contribution in [3.63, 3.8) is 0 Å². The Morgan fingerprint density at radius 1 is 1.03 bits per heavy atom. The summed E-state index contributed by atoms with van der Waals surface area (Å²) in [6.45, 7) is -1.65. The molecule has 1 heterocycles. The van der Waals surface area contributed by atoms with E-state index in [1.165, 1.54) is 28.6 Å².